The molecule has 0 aliphatic carbocycles. The molecule has 240 valence electrons. The molecule has 0 saturated heterocycles. The Kier molecular flexibility index (Phi) is 17.1. The normalized spacial score (nSPS) is 11.7. The van der Waals surface area contributed by atoms with E-state index in [0.717, 1.165) is 11.3 Å². The molecule has 0 fully saturated rings. The summed E-state index contributed by atoms with van der Waals surface area (Å²) < 4.78 is 8.84. The molecule has 0 aliphatic heterocycles. The number of aliphatic carboxylic acids is 1. The van der Waals surface area contributed by atoms with Crippen molar-refractivity contribution >= 4 is 56.3 Å². The second kappa shape index (κ2) is 19.9. The summed E-state index contributed by atoms with van der Waals surface area (Å²) in [4.78, 5) is 13.9. The number of hydrogen-bond acceptors (Lipinski definition) is 7. The summed E-state index contributed by atoms with van der Waals surface area (Å²) in [5, 5.41) is 42.4. The second-order valence-electron chi connectivity index (χ2n) is 11.3. The van der Waals surface area contributed by atoms with Crippen LogP contribution in [0.3, 0.4) is 0 Å². The predicted octanol–water partition coefficient (Wildman–Crippen LogP) is -0.458. The zero-order valence-corrected chi connectivity index (χ0v) is 32.1. The largest absolute Gasteiger partial charge is 4.00 e. The Morgan fingerprint density at radius 2 is 1.00 bits per heavy atom. The predicted molar refractivity (Wildman–Crippen MR) is 180 cm³/mol. The van der Waals surface area contributed by atoms with Crippen molar-refractivity contribution in [2.45, 2.75) is 31.9 Å². The first-order valence-corrected chi connectivity index (χ1v) is 19.6. The number of aryl methyl sites for hydroxylation is 3. The Morgan fingerprint density at radius 3 is 1.28 bits per heavy atom. The molecule has 0 aliphatic rings. The minimum absolute atomic E-state index is 0. The molecule has 0 aromatic heterocycles. The molecule has 7 nitrogen and oxygen atoms in total. The molecule has 0 radical (unpaired) electrons. The van der Waals surface area contributed by atoms with Crippen LogP contribution in [0.5, 0.6) is 5.75 Å². The third-order valence-electron chi connectivity index (χ3n) is 8.15. The maximum absolute atomic E-state index is 12.3. The molecule has 1 unspecified atom stereocenters. The maximum Gasteiger partial charge on any atom is 4.00 e. The van der Waals surface area contributed by atoms with E-state index in [-0.39, 0.29) is 54.9 Å². The van der Waals surface area contributed by atoms with Crippen molar-refractivity contribution in [1.82, 2.24) is 4.90 Å². The van der Waals surface area contributed by atoms with Gasteiger partial charge in [0.25, 0.3) is 0 Å². The molecule has 46 heavy (non-hydrogen) atoms. The molecular weight excluding hydrogens is 746 g/mol. The molecule has 9 heteroatoms. The first-order valence-electron chi connectivity index (χ1n) is 15.2. The van der Waals surface area contributed by atoms with Crippen LogP contribution >= 0.6 is 0 Å². The van der Waals surface area contributed by atoms with Crippen molar-refractivity contribution < 1.29 is 30.0 Å². The van der Waals surface area contributed by atoms with Crippen molar-refractivity contribution in [1.29, 1.82) is 0 Å². The Hall–Kier alpha value is -2.67. The van der Waals surface area contributed by atoms with E-state index >= 15 is 0 Å². The van der Waals surface area contributed by atoms with Gasteiger partial charge in [-0.3, -0.25) is 0 Å². The van der Waals surface area contributed by atoms with E-state index in [4.69, 9.17) is 4.74 Å². The third-order valence-corrected chi connectivity index (χ3v) is 19.3. The minimum atomic E-state index is -3.67. The second-order valence-corrected chi connectivity index (χ2v) is 19.7. The van der Waals surface area contributed by atoms with Gasteiger partial charge in [-0.05, 0) is 19.6 Å². The van der Waals surface area contributed by atoms with Gasteiger partial charge in [-0.25, -0.2) is 0 Å². The number of carbonyl (C=O) groups is 1. The molecule has 0 N–H and O–H groups in total. The standard InChI is InChI=1S/C31H32GeO3.C6H12NO3.Sn/c1-22-5-13-26(14-6-22)32(27-15-7-23(2)8-16-27,28-17-9-24(3)10-18-28)30(21-31(33)34)25-11-19-29(35-4)20-12-25;8-4-1-7(2-5-9)3-6-10;/h5-20,30H,21H2,1-4H3,(H,33,34);1-6H2;/q;-3;+4/p-1. The number of benzene rings is 4. The Balaban J connectivity index is 0.000000580. The van der Waals surface area contributed by atoms with Crippen LogP contribution in [-0.2, 0) is 4.79 Å². The first-order chi connectivity index (χ1) is 21.7. The average molecular weight is 789 g/mol. The van der Waals surface area contributed by atoms with Gasteiger partial charge in [-0.1, -0.05) is 0 Å². The number of nitrogens with zero attached hydrogens (tertiary/aromatic N) is 1. The Labute approximate surface area is 293 Å². The van der Waals surface area contributed by atoms with E-state index in [2.05, 4.69) is 93.6 Å². The number of ether oxygens (including phenoxy) is 1. The quantitative estimate of drug-likeness (QED) is 0.159. The molecule has 0 bridgehead atoms. The van der Waals surface area contributed by atoms with Gasteiger partial charge in [-0.15, -0.1) is 19.8 Å². The van der Waals surface area contributed by atoms with Crippen molar-refractivity contribution in [2.24, 2.45) is 0 Å². The topological polar surface area (TPSA) is 122 Å². The zero-order valence-electron chi connectivity index (χ0n) is 27.2. The monoisotopic (exact) mass is 791 g/mol. The van der Waals surface area contributed by atoms with Crippen LogP contribution in [0.4, 0.5) is 0 Å². The Morgan fingerprint density at radius 1 is 0.652 bits per heavy atom. The van der Waals surface area contributed by atoms with Gasteiger partial charge in [0.05, 0.1) is 0 Å². The van der Waals surface area contributed by atoms with Gasteiger partial charge in [0.15, 0.2) is 0 Å². The van der Waals surface area contributed by atoms with Crippen molar-refractivity contribution in [3.63, 3.8) is 0 Å². The number of rotatable bonds is 14. The zero-order chi connectivity index (χ0) is 32.8. The van der Waals surface area contributed by atoms with Crippen LogP contribution in [0.15, 0.2) is 97.1 Å². The molecule has 0 spiro atoms. The molecule has 0 saturated carbocycles. The van der Waals surface area contributed by atoms with Crippen LogP contribution in [0.25, 0.3) is 0 Å². The van der Waals surface area contributed by atoms with Gasteiger partial charge in [0, 0.05) is 0 Å². The summed E-state index contributed by atoms with van der Waals surface area (Å²) in [7, 11) is 1.64. The number of carboxylic acid groups (broad SMARTS) is 1. The van der Waals surface area contributed by atoms with Gasteiger partial charge >= 0.3 is 235 Å². The van der Waals surface area contributed by atoms with Gasteiger partial charge < -0.3 is 20.2 Å². The minimum Gasteiger partial charge on any atom is -0.854 e. The van der Waals surface area contributed by atoms with Crippen LogP contribution in [0.1, 0.15) is 33.4 Å². The van der Waals surface area contributed by atoms with Gasteiger partial charge in [0.1, 0.15) is 0 Å². The van der Waals surface area contributed by atoms with Crippen LogP contribution in [0.2, 0.25) is 0 Å². The molecule has 4 aromatic carbocycles. The maximum atomic E-state index is 12.3. The van der Waals surface area contributed by atoms with Crippen molar-refractivity contribution in [2.75, 3.05) is 46.6 Å². The van der Waals surface area contributed by atoms with E-state index in [1.807, 2.05) is 24.3 Å². The number of methoxy groups -OCH3 is 1. The van der Waals surface area contributed by atoms with Crippen molar-refractivity contribution in [3.8, 4) is 5.75 Å². The fraction of sp³-hybridized carbons (Fsp3) is 0.324. The first kappa shape index (κ1) is 39.5. The molecular formula is C37H43GeNO6Sn. The van der Waals surface area contributed by atoms with E-state index in [9.17, 15) is 25.2 Å². The van der Waals surface area contributed by atoms with Crippen LogP contribution < -0.4 is 38.4 Å². The third kappa shape index (κ3) is 10.4. The van der Waals surface area contributed by atoms with E-state index < -0.39 is 19.2 Å². The molecule has 4 rings (SSSR count). The van der Waals surface area contributed by atoms with Gasteiger partial charge in [0.2, 0.25) is 0 Å². The van der Waals surface area contributed by atoms with Crippen LogP contribution in [-0.4, -0.2) is 94.6 Å². The van der Waals surface area contributed by atoms with Crippen molar-refractivity contribution in [3.05, 3.63) is 119 Å². The summed E-state index contributed by atoms with van der Waals surface area (Å²) in [5.74, 6) is -0.285. The number of carboxylic acids is 1. The molecule has 0 amide bonds. The fourth-order valence-corrected chi connectivity index (χ4v) is 17.2. The summed E-state index contributed by atoms with van der Waals surface area (Å²) >= 11 is -3.67. The SMILES string of the molecule is COc1ccc([CH](CC(=O)[O-])[Ge]([c]2ccc(C)cc2)([c]2ccc(C)cc2)[c]2ccc(C)cc2)cc1.[O-]CCN(CC[O-])CC[O-].[Sn+4]. The number of carbonyl (C=O) groups excluding carboxylic acids is 1. The van der Waals surface area contributed by atoms with E-state index in [0.29, 0.717) is 19.6 Å². The number of hydrogen-bond donors (Lipinski definition) is 0. The average Bonchev–Trinajstić information content (AvgIpc) is 3.04. The molecule has 1 atom stereocenters. The summed E-state index contributed by atoms with van der Waals surface area (Å²) in [6.45, 7) is 6.51. The fourth-order valence-electron chi connectivity index (χ4n) is 5.80. The smallest absolute Gasteiger partial charge is 0.854 e. The summed E-state index contributed by atoms with van der Waals surface area (Å²) in [5.41, 5.74) is 4.54. The Bertz CT molecular complexity index is 1320. The van der Waals surface area contributed by atoms with Gasteiger partial charge in [-0.2, -0.15) is 0 Å². The molecule has 4 aromatic rings. The molecule has 0 heterocycles. The van der Waals surface area contributed by atoms with Crippen LogP contribution in [0, 0.1) is 20.8 Å². The van der Waals surface area contributed by atoms with E-state index in [1.54, 1.807) is 12.0 Å². The summed E-state index contributed by atoms with van der Waals surface area (Å²) in [6, 6.07) is 34.0. The summed E-state index contributed by atoms with van der Waals surface area (Å²) in [6.07, 6.45) is -0.0536. The van der Waals surface area contributed by atoms with E-state index in [1.165, 1.54) is 29.9 Å².